The average Bonchev–Trinajstić information content (AvgIpc) is 3.64. The van der Waals surface area contributed by atoms with Gasteiger partial charge in [-0.1, -0.05) is 18.2 Å². The van der Waals surface area contributed by atoms with E-state index in [1.807, 2.05) is 12.1 Å². The number of carbonyl (C=O) groups excluding carboxylic acids is 1. The fraction of sp³-hybridized carbons (Fsp3) is 0.200. The minimum atomic E-state index is -4.49. The minimum absolute atomic E-state index is 0.0385. The first kappa shape index (κ1) is 26.3. The van der Waals surface area contributed by atoms with E-state index >= 15 is 0 Å². The summed E-state index contributed by atoms with van der Waals surface area (Å²) in [4.78, 5) is 25.8. The number of halogens is 3. The van der Waals surface area contributed by atoms with Crippen LogP contribution < -0.4 is 16.4 Å². The molecule has 0 saturated heterocycles. The summed E-state index contributed by atoms with van der Waals surface area (Å²) in [6.45, 7) is 0. The molecule has 0 unspecified atom stereocenters. The van der Waals surface area contributed by atoms with Crippen LogP contribution in [0.3, 0.4) is 0 Å². The second-order valence-corrected chi connectivity index (χ2v) is 8.60. The third kappa shape index (κ3) is 6.11. The normalized spacial score (nSPS) is 12.9. The monoisotopic (exact) mass is 528 g/mol. The van der Waals surface area contributed by atoms with Gasteiger partial charge in [0.15, 0.2) is 11.5 Å². The van der Waals surface area contributed by atoms with E-state index in [4.69, 9.17) is 25.7 Å². The summed E-state index contributed by atoms with van der Waals surface area (Å²) in [5, 5.41) is 24.1. The fourth-order valence-corrected chi connectivity index (χ4v) is 3.94. The van der Waals surface area contributed by atoms with Crippen molar-refractivity contribution in [3.63, 3.8) is 0 Å². The Balaban J connectivity index is 0.000000786. The van der Waals surface area contributed by atoms with Crippen molar-refractivity contribution in [1.29, 1.82) is 0 Å². The maximum absolute atomic E-state index is 12.9. The molecule has 2 aromatic carbocycles. The zero-order chi connectivity index (χ0) is 27.6. The summed E-state index contributed by atoms with van der Waals surface area (Å²) in [5.74, 6) is 0.779. The van der Waals surface area contributed by atoms with Gasteiger partial charge in [-0.05, 0) is 60.4 Å². The lowest BCUT2D eigenvalue weighted by molar-refractivity contribution is -0.137. The number of hydrogen-bond acceptors (Lipinski definition) is 5. The molecule has 1 aliphatic rings. The van der Waals surface area contributed by atoms with E-state index in [-0.39, 0.29) is 5.69 Å². The van der Waals surface area contributed by atoms with Crippen molar-refractivity contribution < 1.29 is 33.0 Å². The van der Waals surface area contributed by atoms with Gasteiger partial charge in [-0.3, -0.25) is 0 Å². The van der Waals surface area contributed by atoms with Gasteiger partial charge in [-0.15, -0.1) is 0 Å². The molecule has 10 nitrogen and oxygen atoms in total. The largest absolute Gasteiger partial charge is 0.503 e. The van der Waals surface area contributed by atoms with Crippen LogP contribution in [-0.2, 0) is 13.2 Å². The first-order valence-electron chi connectivity index (χ1n) is 11.3. The van der Waals surface area contributed by atoms with Crippen LogP contribution in [0.4, 0.5) is 40.0 Å². The van der Waals surface area contributed by atoms with E-state index in [2.05, 4.69) is 15.7 Å². The van der Waals surface area contributed by atoms with Crippen molar-refractivity contribution >= 4 is 40.4 Å². The number of alkyl halides is 3. The number of nitrogens with two attached hydrogens (primary N) is 1. The fourth-order valence-electron chi connectivity index (χ4n) is 3.94. The molecule has 1 aliphatic carbocycles. The van der Waals surface area contributed by atoms with Crippen molar-refractivity contribution in [3.8, 4) is 11.1 Å². The van der Waals surface area contributed by atoms with Gasteiger partial charge in [0.25, 0.3) is 0 Å². The summed E-state index contributed by atoms with van der Waals surface area (Å²) in [6, 6.07) is 13.0. The molecule has 0 atom stereocenters. The van der Waals surface area contributed by atoms with Crippen molar-refractivity contribution in [2.75, 3.05) is 16.4 Å². The Labute approximate surface area is 213 Å². The van der Waals surface area contributed by atoms with Gasteiger partial charge in [0.2, 0.25) is 0 Å². The number of carbonyl (C=O) groups is 2. The van der Waals surface area contributed by atoms with Gasteiger partial charge in [-0.25, -0.2) is 19.3 Å². The standard InChI is InChI=1S/C24H21F3N6O.CH2O3/c1-33-22-20(21(28)32-33)18(12-19(31-22)13-8-9-13)14-4-2-6-16(10-14)29-23(34)30-17-7-3-5-15(11-17)24(25,26)27;2-1(3)4/h2-7,10-13H,8-9H2,1H3,(H2,28,32)(H2,29,30,34);(H2,2,3,4). The van der Waals surface area contributed by atoms with Crippen LogP contribution in [0.1, 0.15) is 30.0 Å². The molecule has 4 aromatic rings. The van der Waals surface area contributed by atoms with E-state index in [9.17, 15) is 18.0 Å². The van der Waals surface area contributed by atoms with Crippen LogP contribution in [0.15, 0.2) is 54.6 Å². The smallest absolute Gasteiger partial charge is 0.450 e. The van der Waals surface area contributed by atoms with Crippen LogP contribution in [0.2, 0.25) is 0 Å². The first-order chi connectivity index (χ1) is 17.9. The summed E-state index contributed by atoms with van der Waals surface area (Å²) in [7, 11) is 1.79. The van der Waals surface area contributed by atoms with E-state index in [1.165, 1.54) is 12.1 Å². The Hall–Kier alpha value is -4.81. The number of amides is 2. The third-order valence-corrected chi connectivity index (χ3v) is 5.72. The second kappa shape index (κ2) is 10.3. The van der Waals surface area contributed by atoms with Crippen molar-refractivity contribution in [2.24, 2.45) is 7.05 Å². The highest BCUT2D eigenvalue weighted by Crippen LogP contribution is 2.43. The highest BCUT2D eigenvalue weighted by molar-refractivity contribution is 6.03. The first-order valence-corrected chi connectivity index (χ1v) is 11.3. The molecule has 13 heteroatoms. The predicted molar refractivity (Wildman–Crippen MR) is 135 cm³/mol. The topological polar surface area (TPSA) is 155 Å². The number of nitrogens with zero attached hydrogens (tertiary/aromatic N) is 3. The molecule has 2 aromatic heterocycles. The van der Waals surface area contributed by atoms with Gasteiger partial charge in [-0.2, -0.15) is 18.3 Å². The number of fused-ring (bicyclic) bond motifs is 1. The third-order valence-electron chi connectivity index (χ3n) is 5.72. The highest BCUT2D eigenvalue weighted by Gasteiger charge is 2.30. The van der Waals surface area contributed by atoms with Gasteiger partial charge in [0.05, 0.1) is 10.9 Å². The quantitative estimate of drug-likeness (QED) is 0.218. The minimum Gasteiger partial charge on any atom is -0.450 e. The molecule has 0 aliphatic heterocycles. The van der Waals surface area contributed by atoms with E-state index < -0.39 is 23.9 Å². The molecule has 38 heavy (non-hydrogen) atoms. The number of benzene rings is 2. The molecule has 1 saturated carbocycles. The predicted octanol–water partition coefficient (Wildman–Crippen LogP) is 5.98. The van der Waals surface area contributed by atoms with Gasteiger partial charge >= 0.3 is 18.4 Å². The number of nitrogen functional groups attached to an aromatic ring is 1. The zero-order valence-corrected chi connectivity index (χ0v) is 20.0. The van der Waals surface area contributed by atoms with Crippen LogP contribution in [0, 0.1) is 0 Å². The number of aryl methyl sites for hydroxylation is 1. The Morgan fingerprint density at radius 3 is 2.24 bits per heavy atom. The van der Waals surface area contributed by atoms with Gasteiger partial charge in [0, 0.05) is 30.0 Å². The molecule has 198 valence electrons. The van der Waals surface area contributed by atoms with Crippen LogP contribution in [-0.4, -0.2) is 37.2 Å². The van der Waals surface area contributed by atoms with Crippen molar-refractivity contribution in [1.82, 2.24) is 14.8 Å². The second-order valence-electron chi connectivity index (χ2n) is 8.60. The molecule has 2 amide bonds. The maximum Gasteiger partial charge on any atom is 0.503 e. The summed E-state index contributed by atoms with van der Waals surface area (Å²) < 4.78 is 40.5. The number of hydrogen-bond donors (Lipinski definition) is 5. The lowest BCUT2D eigenvalue weighted by Crippen LogP contribution is -2.19. The molecule has 5 rings (SSSR count). The van der Waals surface area contributed by atoms with E-state index in [1.54, 1.807) is 29.9 Å². The van der Waals surface area contributed by atoms with E-state index in [0.29, 0.717) is 23.1 Å². The number of carboxylic acid groups (broad SMARTS) is 2. The van der Waals surface area contributed by atoms with E-state index in [0.717, 1.165) is 47.2 Å². The zero-order valence-electron chi connectivity index (χ0n) is 20.0. The van der Waals surface area contributed by atoms with Crippen LogP contribution >= 0.6 is 0 Å². The molecule has 6 N–H and O–H groups in total. The lowest BCUT2D eigenvalue weighted by atomic mass is 10.0. The van der Waals surface area contributed by atoms with Gasteiger partial charge < -0.3 is 26.6 Å². The van der Waals surface area contributed by atoms with Gasteiger partial charge in [0.1, 0.15) is 0 Å². The average molecular weight is 528 g/mol. The molecular weight excluding hydrogens is 505 g/mol. The molecule has 0 bridgehead atoms. The molecule has 0 radical (unpaired) electrons. The number of aromatic nitrogens is 3. The number of rotatable bonds is 4. The summed E-state index contributed by atoms with van der Waals surface area (Å²) in [5.41, 5.74) is 9.19. The Morgan fingerprint density at radius 1 is 1.03 bits per heavy atom. The lowest BCUT2D eigenvalue weighted by Gasteiger charge is -2.12. The summed E-state index contributed by atoms with van der Waals surface area (Å²) >= 11 is 0. The summed E-state index contributed by atoms with van der Waals surface area (Å²) in [6.07, 6.45) is -4.16. The number of pyridine rings is 1. The number of nitrogens with one attached hydrogen (secondary N) is 2. The SMILES string of the molecule is Cn1nc(N)c2c(-c3cccc(NC(=O)Nc4cccc(C(F)(F)F)c4)c3)cc(C3CC3)nc21.O=C(O)O. The van der Waals surface area contributed by atoms with Crippen molar-refractivity contribution in [3.05, 3.63) is 65.9 Å². The molecule has 2 heterocycles. The Kier molecular flexibility index (Phi) is 7.10. The maximum atomic E-state index is 12.9. The molecule has 0 spiro atoms. The van der Waals surface area contributed by atoms with Crippen molar-refractivity contribution in [2.45, 2.75) is 24.9 Å². The number of anilines is 3. The molecule has 1 fully saturated rings. The molecular formula is C25H23F3N6O4. The highest BCUT2D eigenvalue weighted by atomic mass is 19.4. The Morgan fingerprint density at radius 2 is 1.63 bits per heavy atom. The van der Waals surface area contributed by atoms with Crippen LogP contribution in [0.25, 0.3) is 22.2 Å². The van der Waals surface area contributed by atoms with Crippen LogP contribution in [0.5, 0.6) is 0 Å². The number of urea groups is 1. The Bertz CT molecular complexity index is 1510.